The second-order valence-electron chi connectivity index (χ2n) is 5.11. The lowest BCUT2D eigenvalue weighted by atomic mass is 9.93. The highest BCUT2D eigenvalue weighted by Crippen LogP contribution is 2.23. The van der Waals surface area contributed by atoms with Gasteiger partial charge in [0.25, 0.3) is 0 Å². The van der Waals surface area contributed by atoms with Crippen LogP contribution in [0.4, 0.5) is 0 Å². The second-order valence-corrected chi connectivity index (χ2v) is 5.11. The number of hydrogen-bond acceptors (Lipinski definition) is 2. The maximum Gasteiger partial charge on any atom is 0.0695 e. The molecule has 0 bridgehead atoms. The van der Waals surface area contributed by atoms with Gasteiger partial charge in [0.15, 0.2) is 0 Å². The van der Waals surface area contributed by atoms with E-state index in [0.717, 1.165) is 25.7 Å². The van der Waals surface area contributed by atoms with Crippen LogP contribution in [0.5, 0.6) is 0 Å². The van der Waals surface area contributed by atoms with Gasteiger partial charge in [-0.25, -0.2) is 0 Å². The lowest BCUT2D eigenvalue weighted by molar-refractivity contribution is 0.00283. The summed E-state index contributed by atoms with van der Waals surface area (Å²) in [7, 11) is 2.14. The summed E-state index contributed by atoms with van der Waals surface area (Å²) in [5, 5.41) is 10.1. The molecule has 0 saturated carbocycles. The molecule has 1 N–H and O–H groups in total. The van der Waals surface area contributed by atoms with Crippen molar-refractivity contribution in [1.29, 1.82) is 0 Å². The molecule has 0 aromatic carbocycles. The fraction of sp³-hybridized carbons (Fsp3) is 1.00. The van der Waals surface area contributed by atoms with Crippen molar-refractivity contribution < 1.29 is 5.11 Å². The maximum absolute atomic E-state index is 10.1. The molecule has 0 aliphatic carbocycles. The quantitative estimate of drug-likeness (QED) is 0.705. The third kappa shape index (κ3) is 4.12. The summed E-state index contributed by atoms with van der Waals surface area (Å²) in [6, 6.07) is 0.292. The summed E-state index contributed by atoms with van der Waals surface area (Å²) < 4.78 is 0. The molecule has 0 heterocycles. The van der Waals surface area contributed by atoms with Crippen LogP contribution in [0.25, 0.3) is 0 Å². The number of aliphatic hydroxyl groups is 1. The molecule has 2 nitrogen and oxygen atoms in total. The number of hydrogen-bond donors (Lipinski definition) is 1. The van der Waals surface area contributed by atoms with Gasteiger partial charge in [-0.1, -0.05) is 27.2 Å². The van der Waals surface area contributed by atoms with E-state index in [1.165, 1.54) is 0 Å². The van der Waals surface area contributed by atoms with Crippen molar-refractivity contribution in [2.45, 2.75) is 78.0 Å². The average Bonchev–Trinajstić information content (AvgIpc) is 2.19. The first-order valence-electron chi connectivity index (χ1n) is 6.31. The Labute approximate surface area is 95.7 Å². The minimum atomic E-state index is -0.184. The van der Waals surface area contributed by atoms with Crippen LogP contribution in [0.1, 0.15) is 60.3 Å². The van der Waals surface area contributed by atoms with Crippen LogP contribution in [0.15, 0.2) is 0 Å². The van der Waals surface area contributed by atoms with E-state index in [0.29, 0.717) is 6.04 Å². The van der Waals surface area contributed by atoms with Gasteiger partial charge in [0.2, 0.25) is 0 Å². The van der Waals surface area contributed by atoms with Crippen molar-refractivity contribution in [3.05, 3.63) is 0 Å². The predicted molar refractivity (Wildman–Crippen MR) is 67.1 cm³/mol. The fourth-order valence-corrected chi connectivity index (χ4v) is 1.99. The Morgan fingerprint density at radius 1 is 1.20 bits per heavy atom. The van der Waals surface area contributed by atoms with Crippen LogP contribution >= 0.6 is 0 Å². The summed E-state index contributed by atoms with van der Waals surface area (Å²) in [6.07, 6.45) is 3.90. The number of rotatable bonds is 7. The van der Waals surface area contributed by atoms with Gasteiger partial charge >= 0.3 is 0 Å². The Hall–Kier alpha value is -0.0800. The highest BCUT2D eigenvalue weighted by Gasteiger charge is 2.30. The molecule has 2 unspecified atom stereocenters. The lowest BCUT2D eigenvalue weighted by Crippen LogP contribution is -2.51. The van der Waals surface area contributed by atoms with Crippen molar-refractivity contribution in [2.24, 2.45) is 0 Å². The van der Waals surface area contributed by atoms with Crippen molar-refractivity contribution in [3.8, 4) is 0 Å². The van der Waals surface area contributed by atoms with E-state index < -0.39 is 0 Å². The molecule has 92 valence electrons. The first-order chi connectivity index (χ1) is 6.90. The van der Waals surface area contributed by atoms with Crippen LogP contribution in [0, 0.1) is 0 Å². The minimum Gasteiger partial charge on any atom is -0.391 e. The maximum atomic E-state index is 10.1. The van der Waals surface area contributed by atoms with Gasteiger partial charge in [-0.05, 0) is 40.2 Å². The fourth-order valence-electron chi connectivity index (χ4n) is 1.99. The van der Waals surface area contributed by atoms with Crippen molar-refractivity contribution in [2.75, 3.05) is 7.05 Å². The molecule has 0 radical (unpaired) electrons. The van der Waals surface area contributed by atoms with E-state index in [1.807, 2.05) is 0 Å². The van der Waals surface area contributed by atoms with Crippen molar-refractivity contribution >= 4 is 0 Å². The van der Waals surface area contributed by atoms with Crippen LogP contribution in [-0.2, 0) is 0 Å². The Morgan fingerprint density at radius 2 is 1.73 bits per heavy atom. The summed E-state index contributed by atoms with van der Waals surface area (Å²) in [6.45, 7) is 11.0. The first kappa shape index (κ1) is 14.9. The molecule has 0 aliphatic heterocycles. The lowest BCUT2D eigenvalue weighted by Gasteiger charge is -2.42. The van der Waals surface area contributed by atoms with E-state index in [4.69, 9.17) is 0 Å². The number of likely N-dealkylation sites (N-methyl/N-ethyl adjacent to an activating group) is 1. The van der Waals surface area contributed by atoms with Gasteiger partial charge in [0, 0.05) is 11.6 Å². The van der Waals surface area contributed by atoms with E-state index in [1.54, 1.807) is 0 Å². The molecule has 0 rings (SSSR count). The molecule has 0 aliphatic rings. The highest BCUT2D eigenvalue weighted by molar-refractivity contribution is 4.86. The smallest absolute Gasteiger partial charge is 0.0695 e. The topological polar surface area (TPSA) is 23.5 Å². The van der Waals surface area contributed by atoms with Crippen LogP contribution in [0.2, 0.25) is 0 Å². The standard InChI is InChI=1S/C13H29NO/c1-7-10-12(15)11(8-2)14(6)13(4,5)9-3/h11-12,15H,7-10H2,1-6H3. The van der Waals surface area contributed by atoms with Crippen LogP contribution in [-0.4, -0.2) is 34.7 Å². The first-order valence-corrected chi connectivity index (χ1v) is 6.31. The Morgan fingerprint density at radius 3 is 2.07 bits per heavy atom. The average molecular weight is 215 g/mol. The molecular formula is C13H29NO. The molecule has 0 aromatic heterocycles. The molecule has 0 fully saturated rings. The highest BCUT2D eigenvalue weighted by atomic mass is 16.3. The molecular weight excluding hydrogens is 186 g/mol. The van der Waals surface area contributed by atoms with Gasteiger partial charge in [0.05, 0.1) is 6.10 Å². The molecule has 0 spiro atoms. The zero-order valence-corrected chi connectivity index (χ0v) is 11.4. The third-order valence-corrected chi connectivity index (χ3v) is 3.76. The monoisotopic (exact) mass is 215 g/mol. The minimum absolute atomic E-state index is 0.176. The molecule has 15 heavy (non-hydrogen) atoms. The molecule has 2 heteroatoms. The summed E-state index contributed by atoms with van der Waals surface area (Å²) in [5.41, 5.74) is 0.176. The predicted octanol–water partition coefficient (Wildman–Crippen LogP) is 3.05. The van der Waals surface area contributed by atoms with Gasteiger partial charge in [-0.3, -0.25) is 4.90 Å². The van der Waals surface area contributed by atoms with Gasteiger partial charge in [0.1, 0.15) is 0 Å². The van der Waals surface area contributed by atoms with Crippen LogP contribution < -0.4 is 0 Å². The van der Waals surface area contributed by atoms with Crippen LogP contribution in [0.3, 0.4) is 0 Å². The van der Waals surface area contributed by atoms with Crippen molar-refractivity contribution in [1.82, 2.24) is 4.90 Å². The zero-order valence-electron chi connectivity index (χ0n) is 11.4. The van der Waals surface area contributed by atoms with Gasteiger partial charge in [-0.15, -0.1) is 0 Å². The van der Waals surface area contributed by atoms with E-state index >= 15 is 0 Å². The van der Waals surface area contributed by atoms with E-state index in [9.17, 15) is 5.11 Å². The Bertz CT molecular complexity index is 168. The molecule has 0 aromatic rings. The zero-order chi connectivity index (χ0) is 12.1. The largest absolute Gasteiger partial charge is 0.391 e. The normalized spacial score (nSPS) is 16.8. The van der Waals surface area contributed by atoms with E-state index in [2.05, 4.69) is 46.6 Å². The molecule has 0 saturated heterocycles. The Kier molecular flexibility index (Phi) is 6.46. The summed E-state index contributed by atoms with van der Waals surface area (Å²) in [4.78, 5) is 2.34. The van der Waals surface area contributed by atoms with Gasteiger partial charge in [-0.2, -0.15) is 0 Å². The van der Waals surface area contributed by atoms with Crippen molar-refractivity contribution in [3.63, 3.8) is 0 Å². The summed E-state index contributed by atoms with van der Waals surface area (Å²) in [5.74, 6) is 0. The Balaban J connectivity index is 4.52. The number of aliphatic hydroxyl groups excluding tert-OH is 1. The third-order valence-electron chi connectivity index (χ3n) is 3.76. The van der Waals surface area contributed by atoms with E-state index in [-0.39, 0.29) is 11.6 Å². The second kappa shape index (κ2) is 6.49. The SMILES string of the molecule is CCCC(O)C(CC)N(C)C(C)(C)CC. The van der Waals surface area contributed by atoms with Gasteiger partial charge < -0.3 is 5.11 Å². The molecule has 0 amide bonds. The summed E-state index contributed by atoms with van der Waals surface area (Å²) >= 11 is 0. The molecule has 2 atom stereocenters. The number of nitrogens with zero attached hydrogens (tertiary/aromatic N) is 1.